The summed E-state index contributed by atoms with van der Waals surface area (Å²) in [5, 5.41) is 7.50. The van der Waals surface area contributed by atoms with Crippen LogP contribution in [0.25, 0.3) is 5.57 Å². The Labute approximate surface area is 172 Å². The van der Waals surface area contributed by atoms with E-state index in [0.29, 0.717) is 5.92 Å². The molecule has 29 heavy (non-hydrogen) atoms. The maximum absolute atomic E-state index is 12.9. The Hall–Kier alpha value is -3.08. The van der Waals surface area contributed by atoms with E-state index in [1.807, 2.05) is 41.3 Å². The highest BCUT2D eigenvalue weighted by Crippen LogP contribution is 2.33. The summed E-state index contributed by atoms with van der Waals surface area (Å²) in [5.74, 6) is 0.615. The van der Waals surface area contributed by atoms with Crippen molar-refractivity contribution in [3.05, 3.63) is 71.4 Å². The molecule has 0 spiro atoms. The van der Waals surface area contributed by atoms with E-state index in [-0.39, 0.29) is 11.9 Å². The first-order valence-electron chi connectivity index (χ1n) is 10.3. The number of carbonyl (C=O) groups is 1. The van der Waals surface area contributed by atoms with Crippen LogP contribution in [0.1, 0.15) is 34.8 Å². The van der Waals surface area contributed by atoms with Gasteiger partial charge in [0, 0.05) is 54.9 Å². The Morgan fingerprint density at radius 2 is 2.00 bits per heavy atom. The number of carbonyl (C=O) groups excluding carboxylic acids is 1. The van der Waals surface area contributed by atoms with Crippen LogP contribution in [0.15, 0.2) is 54.7 Å². The first-order valence-corrected chi connectivity index (χ1v) is 10.3. The van der Waals surface area contributed by atoms with Crippen LogP contribution in [0.3, 0.4) is 0 Å². The molecular formula is C24H28N4O. The lowest BCUT2D eigenvalue weighted by atomic mass is 10.0. The van der Waals surface area contributed by atoms with Crippen molar-refractivity contribution in [1.29, 1.82) is 5.41 Å². The summed E-state index contributed by atoms with van der Waals surface area (Å²) in [4.78, 5) is 17.4. The Balaban J connectivity index is 1.44. The molecule has 2 unspecified atom stereocenters. The summed E-state index contributed by atoms with van der Waals surface area (Å²) in [6.45, 7) is 4.94. The minimum absolute atomic E-state index is 0.139. The first-order chi connectivity index (χ1) is 14.1. The maximum Gasteiger partial charge on any atom is 0.254 e. The number of nitrogens with two attached hydrogens (primary N) is 1. The number of nitrogens with zero attached hydrogens (tertiary/aromatic N) is 2. The Kier molecular flexibility index (Phi) is 5.38. The van der Waals surface area contributed by atoms with E-state index in [4.69, 9.17) is 11.1 Å². The third-order valence-corrected chi connectivity index (χ3v) is 6.16. The molecule has 1 amide bonds. The number of amides is 1. The molecule has 1 fully saturated rings. The molecule has 2 aliphatic rings. The smallest absolute Gasteiger partial charge is 0.254 e. The van der Waals surface area contributed by atoms with Crippen molar-refractivity contribution in [2.24, 2.45) is 11.7 Å². The molecule has 150 valence electrons. The Morgan fingerprint density at radius 1 is 1.21 bits per heavy atom. The highest BCUT2D eigenvalue weighted by molar-refractivity contribution is 6.08. The van der Waals surface area contributed by atoms with Crippen LogP contribution in [-0.4, -0.2) is 42.7 Å². The summed E-state index contributed by atoms with van der Waals surface area (Å²) in [6.07, 6.45) is 4.83. The average Bonchev–Trinajstić information content (AvgIpc) is 3.32. The largest absolute Gasteiger partial charge is 0.404 e. The molecule has 4 rings (SSSR count). The minimum Gasteiger partial charge on any atom is -0.404 e. The monoisotopic (exact) mass is 388 g/mol. The molecule has 5 heteroatoms. The van der Waals surface area contributed by atoms with Gasteiger partial charge in [-0.05, 0) is 61.1 Å². The van der Waals surface area contributed by atoms with Gasteiger partial charge in [0.25, 0.3) is 5.91 Å². The van der Waals surface area contributed by atoms with Gasteiger partial charge in [-0.2, -0.15) is 0 Å². The number of nitrogens with one attached hydrogen (secondary N) is 1. The van der Waals surface area contributed by atoms with Gasteiger partial charge in [0.15, 0.2) is 0 Å². The summed E-state index contributed by atoms with van der Waals surface area (Å²) < 4.78 is 0. The number of anilines is 1. The topological polar surface area (TPSA) is 73.4 Å². The second-order valence-electron chi connectivity index (χ2n) is 8.08. The molecule has 5 nitrogen and oxygen atoms in total. The van der Waals surface area contributed by atoms with Crippen LogP contribution < -0.4 is 10.6 Å². The molecule has 0 aliphatic carbocycles. The van der Waals surface area contributed by atoms with Gasteiger partial charge in [0.05, 0.1) is 0 Å². The molecule has 1 saturated heterocycles. The van der Waals surface area contributed by atoms with Crippen LogP contribution in [0, 0.1) is 11.3 Å². The van der Waals surface area contributed by atoms with Crippen LogP contribution in [0.5, 0.6) is 0 Å². The van der Waals surface area contributed by atoms with Crippen molar-refractivity contribution in [3.8, 4) is 0 Å². The van der Waals surface area contributed by atoms with Gasteiger partial charge in [0.2, 0.25) is 0 Å². The fraction of sp³-hybridized carbons (Fsp3) is 0.333. The van der Waals surface area contributed by atoms with Gasteiger partial charge in [-0.3, -0.25) is 4.79 Å². The summed E-state index contributed by atoms with van der Waals surface area (Å²) in [6, 6.07) is 16.2. The zero-order chi connectivity index (χ0) is 20.4. The summed E-state index contributed by atoms with van der Waals surface area (Å²) >= 11 is 0. The Morgan fingerprint density at radius 3 is 2.72 bits per heavy atom. The van der Waals surface area contributed by atoms with E-state index in [1.54, 1.807) is 0 Å². The zero-order valence-electron chi connectivity index (χ0n) is 16.8. The molecule has 2 atom stereocenters. The van der Waals surface area contributed by atoms with Crippen LogP contribution in [-0.2, 0) is 6.42 Å². The van der Waals surface area contributed by atoms with E-state index in [2.05, 4.69) is 24.0 Å². The van der Waals surface area contributed by atoms with Crippen LogP contribution in [0.4, 0.5) is 5.69 Å². The van der Waals surface area contributed by atoms with Gasteiger partial charge >= 0.3 is 0 Å². The van der Waals surface area contributed by atoms with Crippen molar-refractivity contribution in [3.63, 3.8) is 0 Å². The zero-order valence-corrected chi connectivity index (χ0v) is 16.8. The number of benzene rings is 2. The summed E-state index contributed by atoms with van der Waals surface area (Å²) in [5.41, 5.74) is 10.7. The van der Waals surface area contributed by atoms with Crippen LogP contribution in [0.2, 0.25) is 0 Å². The molecule has 3 N–H and O–H groups in total. The molecular weight excluding hydrogens is 360 g/mol. The fourth-order valence-electron chi connectivity index (χ4n) is 4.68. The SMILES string of the molecule is CC1CC(CN2CCc3cc(/C(C=N)=C/N)ccc32)CN1C(=O)c1ccccc1. The van der Waals surface area contributed by atoms with Crippen LogP contribution >= 0.6 is 0 Å². The fourth-order valence-corrected chi connectivity index (χ4v) is 4.68. The van der Waals surface area contributed by atoms with Gasteiger partial charge in [-0.15, -0.1) is 0 Å². The van der Waals surface area contributed by atoms with Gasteiger partial charge in [0.1, 0.15) is 0 Å². The third-order valence-electron chi connectivity index (χ3n) is 6.16. The molecule has 0 radical (unpaired) electrons. The van der Waals surface area contributed by atoms with Crippen molar-refractivity contribution >= 4 is 23.4 Å². The lowest BCUT2D eigenvalue weighted by molar-refractivity contribution is 0.0743. The van der Waals surface area contributed by atoms with E-state index < -0.39 is 0 Å². The predicted octanol–water partition coefficient (Wildman–Crippen LogP) is 3.55. The predicted molar refractivity (Wildman–Crippen MR) is 118 cm³/mol. The molecule has 2 heterocycles. The van der Waals surface area contributed by atoms with Gasteiger partial charge < -0.3 is 20.9 Å². The molecule has 2 aliphatic heterocycles. The second-order valence-corrected chi connectivity index (χ2v) is 8.08. The number of hydrogen-bond donors (Lipinski definition) is 2. The molecule has 0 aromatic heterocycles. The average molecular weight is 389 g/mol. The van der Waals surface area contributed by atoms with Crippen molar-refractivity contribution in [2.75, 3.05) is 24.5 Å². The lowest BCUT2D eigenvalue weighted by Crippen LogP contribution is -2.35. The molecule has 2 aromatic carbocycles. The number of hydrogen-bond acceptors (Lipinski definition) is 4. The summed E-state index contributed by atoms with van der Waals surface area (Å²) in [7, 11) is 0. The number of allylic oxidation sites excluding steroid dienone is 1. The molecule has 0 bridgehead atoms. The lowest BCUT2D eigenvalue weighted by Gasteiger charge is -2.24. The maximum atomic E-state index is 12.9. The number of likely N-dealkylation sites (tertiary alicyclic amines) is 1. The first kappa shape index (κ1) is 19.2. The van der Waals surface area contributed by atoms with E-state index in [1.165, 1.54) is 23.7 Å². The second kappa shape index (κ2) is 8.11. The van der Waals surface area contributed by atoms with E-state index >= 15 is 0 Å². The number of rotatable bonds is 5. The molecule has 2 aromatic rings. The number of fused-ring (bicyclic) bond motifs is 1. The molecule has 0 saturated carbocycles. The highest BCUT2D eigenvalue weighted by atomic mass is 16.2. The van der Waals surface area contributed by atoms with E-state index in [0.717, 1.165) is 49.2 Å². The quantitative estimate of drug-likeness (QED) is 0.770. The van der Waals surface area contributed by atoms with Crippen molar-refractivity contribution < 1.29 is 4.79 Å². The highest BCUT2D eigenvalue weighted by Gasteiger charge is 2.34. The van der Waals surface area contributed by atoms with E-state index in [9.17, 15) is 4.79 Å². The Bertz CT molecular complexity index is 937. The van der Waals surface area contributed by atoms with Crippen molar-refractivity contribution in [2.45, 2.75) is 25.8 Å². The standard InChI is InChI=1S/C24H28N4O/c1-17-11-18(16-28(17)24(29)19-5-3-2-4-6-19)15-27-10-9-21-12-20(7-8-23(21)27)22(13-25)14-26/h2-8,12-14,17-18,25H,9-11,15-16,26H2,1H3/b22-14+,25-13?. The van der Waals surface area contributed by atoms with Gasteiger partial charge in [-0.25, -0.2) is 0 Å². The third kappa shape index (κ3) is 3.77. The normalized spacial score (nSPS) is 21.3. The minimum atomic E-state index is 0.139. The van der Waals surface area contributed by atoms with Crippen molar-refractivity contribution in [1.82, 2.24) is 4.90 Å². The van der Waals surface area contributed by atoms with Gasteiger partial charge in [-0.1, -0.05) is 24.3 Å².